The third kappa shape index (κ3) is 2.39. The molecule has 1 heterocycles. The molecule has 0 bridgehead atoms. The highest BCUT2D eigenvalue weighted by molar-refractivity contribution is 9.10. The summed E-state index contributed by atoms with van der Waals surface area (Å²) >= 11 is 8.40. The van der Waals surface area contributed by atoms with Gasteiger partial charge in [-0.2, -0.15) is 0 Å². The number of hydrogen-bond acceptors (Lipinski definition) is 3. The Hall–Kier alpha value is -1.40. The number of carbonyl (C=O) groups excluding carboxylic acids is 1. The Morgan fingerprint density at radius 1 is 1.50 bits per heavy atom. The highest BCUT2D eigenvalue weighted by Crippen LogP contribution is 2.25. The van der Waals surface area contributed by atoms with Gasteiger partial charge in [0.05, 0.1) is 7.11 Å². The smallest absolute Gasteiger partial charge is 0.276 e. The zero-order valence-corrected chi connectivity index (χ0v) is 12.3. The highest BCUT2D eigenvalue weighted by atomic mass is 79.9. The van der Waals surface area contributed by atoms with Crippen molar-refractivity contribution in [2.45, 2.75) is 0 Å². The number of rotatable bonds is 2. The standard InChI is InChI=1S/C12H11BrN2O2S/c1-15-11(16)9(14-12(15)18)6-7-5-8(13)3-4-10(7)17-2/h3-6H,1-2H3,(H,14,18). The second kappa shape index (κ2) is 5.07. The number of benzene rings is 1. The topological polar surface area (TPSA) is 41.6 Å². The molecule has 1 aromatic rings. The van der Waals surface area contributed by atoms with E-state index in [0.29, 0.717) is 16.6 Å². The fourth-order valence-electron chi connectivity index (χ4n) is 1.60. The summed E-state index contributed by atoms with van der Waals surface area (Å²) in [6.07, 6.45) is 1.72. The molecule has 0 saturated carbocycles. The predicted octanol–water partition coefficient (Wildman–Crippen LogP) is 2.15. The fraction of sp³-hybridized carbons (Fsp3) is 0.167. The molecule has 1 aliphatic heterocycles. The molecular weight excluding hydrogens is 316 g/mol. The quantitative estimate of drug-likeness (QED) is 0.668. The predicted molar refractivity (Wildman–Crippen MR) is 77.2 cm³/mol. The average molecular weight is 327 g/mol. The molecule has 0 aromatic heterocycles. The summed E-state index contributed by atoms with van der Waals surface area (Å²) in [6, 6.07) is 5.58. The number of halogens is 1. The molecule has 0 spiro atoms. The van der Waals surface area contributed by atoms with Crippen LogP contribution in [0.1, 0.15) is 5.56 Å². The Morgan fingerprint density at radius 2 is 2.22 bits per heavy atom. The summed E-state index contributed by atoms with van der Waals surface area (Å²) in [6.45, 7) is 0. The van der Waals surface area contributed by atoms with E-state index in [1.54, 1.807) is 20.2 Å². The molecule has 2 rings (SSSR count). The van der Waals surface area contributed by atoms with Crippen LogP contribution in [-0.4, -0.2) is 30.1 Å². The minimum absolute atomic E-state index is 0.151. The van der Waals surface area contributed by atoms with Gasteiger partial charge in [0.1, 0.15) is 11.4 Å². The number of ether oxygens (including phenoxy) is 1. The highest BCUT2D eigenvalue weighted by Gasteiger charge is 2.27. The summed E-state index contributed by atoms with van der Waals surface area (Å²) in [4.78, 5) is 13.3. The third-order valence-corrected chi connectivity index (χ3v) is 3.44. The van der Waals surface area contributed by atoms with E-state index in [1.807, 2.05) is 18.2 Å². The summed E-state index contributed by atoms with van der Waals surface area (Å²) in [5.41, 5.74) is 1.25. The van der Waals surface area contributed by atoms with E-state index in [4.69, 9.17) is 17.0 Å². The molecule has 1 fully saturated rings. The van der Waals surface area contributed by atoms with Gasteiger partial charge in [-0.15, -0.1) is 0 Å². The van der Waals surface area contributed by atoms with Crippen molar-refractivity contribution < 1.29 is 9.53 Å². The number of likely N-dealkylation sites (N-methyl/N-ethyl adjacent to an activating group) is 1. The molecule has 94 valence electrons. The Labute approximate surface area is 119 Å². The zero-order valence-electron chi connectivity index (χ0n) is 9.86. The van der Waals surface area contributed by atoms with Gasteiger partial charge in [0.15, 0.2) is 5.11 Å². The first-order chi connectivity index (χ1) is 8.52. The molecule has 0 unspecified atom stereocenters. The number of hydrogen-bond donors (Lipinski definition) is 1. The van der Waals surface area contributed by atoms with Crippen molar-refractivity contribution in [2.75, 3.05) is 14.2 Å². The van der Waals surface area contributed by atoms with Gasteiger partial charge in [-0.3, -0.25) is 9.69 Å². The largest absolute Gasteiger partial charge is 0.496 e. The molecule has 1 aliphatic rings. The first kappa shape index (κ1) is 13.0. The van der Waals surface area contributed by atoms with Gasteiger partial charge >= 0.3 is 0 Å². The van der Waals surface area contributed by atoms with E-state index < -0.39 is 0 Å². The first-order valence-electron chi connectivity index (χ1n) is 5.17. The van der Waals surface area contributed by atoms with Crippen LogP contribution in [0.3, 0.4) is 0 Å². The summed E-state index contributed by atoms with van der Waals surface area (Å²) in [7, 11) is 3.22. The average Bonchev–Trinajstić information content (AvgIpc) is 2.57. The van der Waals surface area contributed by atoms with Crippen molar-refractivity contribution in [3.05, 3.63) is 33.9 Å². The summed E-state index contributed by atoms with van der Waals surface area (Å²) in [5.74, 6) is 0.544. The maximum absolute atomic E-state index is 11.9. The Balaban J connectivity index is 2.42. The van der Waals surface area contributed by atoms with Crippen molar-refractivity contribution in [3.8, 4) is 5.75 Å². The molecule has 4 nitrogen and oxygen atoms in total. The van der Waals surface area contributed by atoms with Crippen LogP contribution in [0.25, 0.3) is 6.08 Å². The van der Waals surface area contributed by atoms with Crippen LogP contribution >= 0.6 is 28.1 Å². The lowest BCUT2D eigenvalue weighted by Crippen LogP contribution is -2.25. The monoisotopic (exact) mass is 326 g/mol. The van der Waals surface area contributed by atoms with Gasteiger partial charge in [0, 0.05) is 17.1 Å². The lowest BCUT2D eigenvalue weighted by molar-refractivity contribution is -0.121. The SMILES string of the molecule is COc1ccc(Br)cc1C=C1NC(=S)N(C)C1=O. The van der Waals surface area contributed by atoms with Crippen LogP contribution in [0, 0.1) is 0 Å². The van der Waals surface area contributed by atoms with E-state index in [-0.39, 0.29) is 5.91 Å². The number of carbonyl (C=O) groups is 1. The fourth-order valence-corrected chi connectivity index (χ4v) is 2.17. The molecule has 1 aromatic carbocycles. The molecule has 18 heavy (non-hydrogen) atoms. The normalized spacial score (nSPS) is 17.3. The van der Waals surface area contributed by atoms with E-state index in [0.717, 1.165) is 10.0 Å². The van der Waals surface area contributed by atoms with Crippen LogP contribution in [0.15, 0.2) is 28.4 Å². The molecule has 0 aliphatic carbocycles. The van der Waals surface area contributed by atoms with Gasteiger partial charge in [0.2, 0.25) is 0 Å². The van der Waals surface area contributed by atoms with Crippen LogP contribution in [-0.2, 0) is 4.79 Å². The molecule has 1 amide bonds. The second-order valence-electron chi connectivity index (χ2n) is 3.74. The Bertz CT molecular complexity index is 557. The van der Waals surface area contributed by atoms with Crippen molar-refractivity contribution >= 4 is 45.2 Å². The van der Waals surface area contributed by atoms with E-state index in [9.17, 15) is 4.79 Å². The van der Waals surface area contributed by atoms with Gasteiger partial charge in [-0.1, -0.05) is 15.9 Å². The maximum Gasteiger partial charge on any atom is 0.276 e. The van der Waals surface area contributed by atoms with Crippen LogP contribution in [0.2, 0.25) is 0 Å². The number of nitrogens with zero attached hydrogens (tertiary/aromatic N) is 1. The van der Waals surface area contributed by atoms with Crippen LogP contribution < -0.4 is 10.1 Å². The zero-order chi connectivity index (χ0) is 13.3. The van der Waals surface area contributed by atoms with Crippen molar-refractivity contribution in [3.63, 3.8) is 0 Å². The molecule has 6 heteroatoms. The summed E-state index contributed by atoms with van der Waals surface area (Å²) < 4.78 is 6.16. The van der Waals surface area contributed by atoms with Crippen molar-refractivity contribution in [1.82, 2.24) is 10.2 Å². The van der Waals surface area contributed by atoms with Crippen LogP contribution in [0.5, 0.6) is 5.75 Å². The summed E-state index contributed by atoms with van der Waals surface area (Å²) in [5, 5.41) is 3.27. The van der Waals surface area contributed by atoms with E-state index in [1.165, 1.54) is 4.90 Å². The Morgan fingerprint density at radius 3 is 2.78 bits per heavy atom. The number of amides is 1. The lowest BCUT2D eigenvalue weighted by atomic mass is 10.1. The van der Waals surface area contributed by atoms with Gasteiger partial charge in [-0.05, 0) is 36.5 Å². The molecule has 0 radical (unpaired) electrons. The van der Waals surface area contributed by atoms with Crippen LogP contribution in [0.4, 0.5) is 0 Å². The molecule has 0 atom stereocenters. The van der Waals surface area contributed by atoms with Gasteiger partial charge < -0.3 is 10.1 Å². The van der Waals surface area contributed by atoms with Crippen molar-refractivity contribution in [2.24, 2.45) is 0 Å². The number of thiocarbonyl (C=S) groups is 1. The lowest BCUT2D eigenvalue weighted by Gasteiger charge is -2.06. The second-order valence-corrected chi connectivity index (χ2v) is 5.04. The minimum Gasteiger partial charge on any atom is -0.496 e. The van der Waals surface area contributed by atoms with Crippen molar-refractivity contribution in [1.29, 1.82) is 0 Å². The third-order valence-electron chi connectivity index (χ3n) is 2.57. The van der Waals surface area contributed by atoms with Gasteiger partial charge in [-0.25, -0.2) is 0 Å². The molecule has 1 saturated heterocycles. The maximum atomic E-state index is 11.9. The van der Waals surface area contributed by atoms with E-state index in [2.05, 4.69) is 21.2 Å². The van der Waals surface area contributed by atoms with Gasteiger partial charge in [0.25, 0.3) is 5.91 Å². The molecular formula is C12H11BrN2O2S. The number of methoxy groups -OCH3 is 1. The first-order valence-corrected chi connectivity index (χ1v) is 6.37. The minimum atomic E-state index is -0.151. The van der Waals surface area contributed by atoms with E-state index >= 15 is 0 Å². The molecule has 1 N–H and O–H groups in total. The number of nitrogens with one attached hydrogen (secondary N) is 1. The Kier molecular flexibility index (Phi) is 3.68.